The molecule has 0 radical (unpaired) electrons. The average Bonchev–Trinajstić information content (AvgIpc) is 2.30. The van der Waals surface area contributed by atoms with Gasteiger partial charge in [-0.3, -0.25) is 4.98 Å². The highest BCUT2D eigenvalue weighted by Crippen LogP contribution is 2.07. The van der Waals surface area contributed by atoms with Crippen LogP contribution in [0.15, 0.2) is 24.4 Å². The Labute approximate surface area is 96.7 Å². The highest BCUT2D eigenvalue weighted by molar-refractivity contribution is 5.07. The number of rotatable bonds is 7. The van der Waals surface area contributed by atoms with Gasteiger partial charge in [0.2, 0.25) is 0 Å². The standard InChI is InChI=1S/C12H20N2O2/c1-10(12-5-3-4-7-14-12)13-8-6-11(15)9-16-2/h3-5,7,10-11,13,15H,6,8-9H2,1-2H3. The lowest BCUT2D eigenvalue weighted by molar-refractivity contribution is 0.0590. The third-order valence-electron chi connectivity index (χ3n) is 2.42. The van der Waals surface area contributed by atoms with Crippen molar-refractivity contribution in [3.63, 3.8) is 0 Å². The molecule has 0 aliphatic heterocycles. The second kappa shape index (κ2) is 7.33. The van der Waals surface area contributed by atoms with Crippen LogP contribution < -0.4 is 5.32 Å². The lowest BCUT2D eigenvalue weighted by atomic mass is 10.2. The van der Waals surface area contributed by atoms with Gasteiger partial charge >= 0.3 is 0 Å². The van der Waals surface area contributed by atoms with Crippen molar-refractivity contribution in [2.75, 3.05) is 20.3 Å². The third-order valence-corrected chi connectivity index (χ3v) is 2.42. The zero-order chi connectivity index (χ0) is 11.8. The van der Waals surface area contributed by atoms with Crippen LogP contribution in [-0.2, 0) is 4.74 Å². The van der Waals surface area contributed by atoms with E-state index in [9.17, 15) is 5.11 Å². The van der Waals surface area contributed by atoms with Gasteiger partial charge in [0, 0.05) is 19.3 Å². The van der Waals surface area contributed by atoms with Crippen molar-refractivity contribution in [3.05, 3.63) is 30.1 Å². The number of ether oxygens (including phenoxy) is 1. The van der Waals surface area contributed by atoms with Crippen LogP contribution in [0.25, 0.3) is 0 Å². The summed E-state index contributed by atoms with van der Waals surface area (Å²) < 4.78 is 4.86. The first-order chi connectivity index (χ1) is 7.74. The zero-order valence-corrected chi connectivity index (χ0v) is 9.89. The molecule has 1 rings (SSSR count). The fourth-order valence-electron chi connectivity index (χ4n) is 1.48. The molecule has 1 aromatic rings. The van der Waals surface area contributed by atoms with Gasteiger partial charge in [0.25, 0.3) is 0 Å². The molecule has 0 aliphatic rings. The molecule has 2 unspecified atom stereocenters. The van der Waals surface area contributed by atoms with E-state index in [0.29, 0.717) is 13.0 Å². The number of aliphatic hydroxyl groups is 1. The molecule has 2 N–H and O–H groups in total. The fourth-order valence-corrected chi connectivity index (χ4v) is 1.48. The van der Waals surface area contributed by atoms with Crippen LogP contribution in [0.3, 0.4) is 0 Å². The lowest BCUT2D eigenvalue weighted by Crippen LogP contribution is -2.25. The first-order valence-electron chi connectivity index (χ1n) is 5.55. The monoisotopic (exact) mass is 224 g/mol. The molecule has 16 heavy (non-hydrogen) atoms. The topological polar surface area (TPSA) is 54.4 Å². The van der Waals surface area contributed by atoms with Gasteiger partial charge in [-0.05, 0) is 32.0 Å². The number of hydrogen-bond acceptors (Lipinski definition) is 4. The quantitative estimate of drug-likeness (QED) is 0.729. The zero-order valence-electron chi connectivity index (χ0n) is 9.89. The van der Waals surface area contributed by atoms with E-state index in [2.05, 4.69) is 17.2 Å². The predicted molar refractivity (Wildman–Crippen MR) is 63.2 cm³/mol. The van der Waals surface area contributed by atoms with Gasteiger partial charge in [-0.25, -0.2) is 0 Å². The molecule has 0 aromatic carbocycles. The summed E-state index contributed by atoms with van der Waals surface area (Å²) in [6.45, 7) is 3.20. The van der Waals surface area contributed by atoms with E-state index < -0.39 is 6.10 Å². The molecular formula is C12H20N2O2. The van der Waals surface area contributed by atoms with Crippen LogP contribution >= 0.6 is 0 Å². The number of pyridine rings is 1. The van der Waals surface area contributed by atoms with E-state index >= 15 is 0 Å². The molecular weight excluding hydrogens is 204 g/mol. The highest BCUT2D eigenvalue weighted by Gasteiger charge is 2.07. The van der Waals surface area contributed by atoms with Crippen LogP contribution in [0.5, 0.6) is 0 Å². The molecule has 0 saturated heterocycles. The maximum Gasteiger partial charge on any atom is 0.0785 e. The fraction of sp³-hybridized carbons (Fsp3) is 0.583. The number of methoxy groups -OCH3 is 1. The van der Waals surface area contributed by atoms with Crippen LogP contribution in [0.1, 0.15) is 25.1 Å². The molecule has 0 saturated carbocycles. The Hall–Kier alpha value is -0.970. The summed E-state index contributed by atoms with van der Waals surface area (Å²) in [4.78, 5) is 4.26. The molecule has 4 heteroatoms. The minimum Gasteiger partial charge on any atom is -0.391 e. The first kappa shape index (κ1) is 13.1. The Kier molecular flexibility index (Phi) is 6.00. The van der Waals surface area contributed by atoms with E-state index in [1.54, 1.807) is 13.3 Å². The average molecular weight is 224 g/mol. The molecule has 4 nitrogen and oxygen atoms in total. The number of aliphatic hydroxyl groups excluding tert-OH is 1. The Morgan fingerprint density at radius 2 is 2.31 bits per heavy atom. The van der Waals surface area contributed by atoms with Crippen molar-refractivity contribution in [1.82, 2.24) is 10.3 Å². The largest absolute Gasteiger partial charge is 0.391 e. The van der Waals surface area contributed by atoms with E-state index in [1.807, 2.05) is 18.2 Å². The SMILES string of the molecule is COCC(O)CCNC(C)c1ccccn1. The van der Waals surface area contributed by atoms with E-state index in [4.69, 9.17) is 4.74 Å². The summed E-state index contributed by atoms with van der Waals surface area (Å²) in [5.41, 5.74) is 1.02. The summed E-state index contributed by atoms with van der Waals surface area (Å²) in [6.07, 6.45) is 2.08. The minimum atomic E-state index is -0.395. The number of aromatic nitrogens is 1. The molecule has 0 spiro atoms. The summed E-state index contributed by atoms with van der Waals surface area (Å²) in [5, 5.41) is 12.8. The molecule has 0 amide bonds. The van der Waals surface area contributed by atoms with Crippen molar-refractivity contribution in [2.45, 2.75) is 25.5 Å². The maximum atomic E-state index is 9.45. The van der Waals surface area contributed by atoms with Crippen LogP contribution in [-0.4, -0.2) is 36.5 Å². The van der Waals surface area contributed by atoms with Gasteiger partial charge in [-0.1, -0.05) is 6.07 Å². The second-order valence-corrected chi connectivity index (χ2v) is 3.83. The van der Waals surface area contributed by atoms with Gasteiger partial charge in [0.15, 0.2) is 0 Å². The van der Waals surface area contributed by atoms with Gasteiger partial charge in [-0.15, -0.1) is 0 Å². The Morgan fingerprint density at radius 3 is 2.94 bits per heavy atom. The summed E-state index contributed by atoms with van der Waals surface area (Å²) in [6, 6.07) is 6.07. The maximum absolute atomic E-state index is 9.45. The molecule has 1 heterocycles. The van der Waals surface area contributed by atoms with Gasteiger partial charge in [-0.2, -0.15) is 0 Å². The first-order valence-corrected chi connectivity index (χ1v) is 5.55. The third kappa shape index (κ3) is 4.70. The lowest BCUT2D eigenvalue weighted by Gasteiger charge is -2.15. The Morgan fingerprint density at radius 1 is 1.50 bits per heavy atom. The van der Waals surface area contributed by atoms with Gasteiger partial charge in [0.1, 0.15) is 0 Å². The normalized spacial score (nSPS) is 14.7. The minimum absolute atomic E-state index is 0.205. The second-order valence-electron chi connectivity index (χ2n) is 3.83. The van der Waals surface area contributed by atoms with Crippen molar-refractivity contribution in [2.24, 2.45) is 0 Å². The summed E-state index contributed by atoms with van der Waals surface area (Å²) in [7, 11) is 1.59. The van der Waals surface area contributed by atoms with E-state index in [0.717, 1.165) is 12.2 Å². The van der Waals surface area contributed by atoms with Crippen molar-refractivity contribution < 1.29 is 9.84 Å². The molecule has 90 valence electrons. The number of hydrogen-bond donors (Lipinski definition) is 2. The van der Waals surface area contributed by atoms with Crippen molar-refractivity contribution in [3.8, 4) is 0 Å². The molecule has 2 atom stereocenters. The van der Waals surface area contributed by atoms with Gasteiger partial charge in [0.05, 0.1) is 18.4 Å². The summed E-state index contributed by atoms with van der Waals surface area (Å²) >= 11 is 0. The number of nitrogens with zero attached hydrogens (tertiary/aromatic N) is 1. The van der Waals surface area contributed by atoms with Crippen molar-refractivity contribution in [1.29, 1.82) is 0 Å². The molecule has 0 bridgehead atoms. The van der Waals surface area contributed by atoms with E-state index in [-0.39, 0.29) is 6.04 Å². The van der Waals surface area contributed by atoms with E-state index in [1.165, 1.54) is 0 Å². The summed E-state index contributed by atoms with van der Waals surface area (Å²) in [5.74, 6) is 0. The van der Waals surface area contributed by atoms with Crippen LogP contribution in [0.2, 0.25) is 0 Å². The smallest absolute Gasteiger partial charge is 0.0785 e. The molecule has 1 aromatic heterocycles. The molecule has 0 aliphatic carbocycles. The van der Waals surface area contributed by atoms with Crippen LogP contribution in [0, 0.1) is 0 Å². The highest BCUT2D eigenvalue weighted by atomic mass is 16.5. The number of nitrogens with one attached hydrogen (secondary N) is 1. The van der Waals surface area contributed by atoms with Gasteiger partial charge < -0.3 is 15.2 Å². The van der Waals surface area contributed by atoms with Crippen LogP contribution in [0.4, 0.5) is 0 Å². The Balaban J connectivity index is 2.23. The molecule has 0 fully saturated rings. The Bertz CT molecular complexity index is 280. The van der Waals surface area contributed by atoms with Crippen molar-refractivity contribution >= 4 is 0 Å². The predicted octanol–water partition coefficient (Wildman–Crippen LogP) is 1.13.